The van der Waals surface area contributed by atoms with Crippen LogP contribution in [0.25, 0.3) is 0 Å². The van der Waals surface area contributed by atoms with Gasteiger partial charge in [-0.15, -0.1) is 0 Å². The van der Waals surface area contributed by atoms with Gasteiger partial charge >= 0.3 is 0 Å². The molecule has 3 heteroatoms. The number of benzene rings is 1. The minimum atomic E-state index is -0.324. The van der Waals surface area contributed by atoms with Gasteiger partial charge in [0.2, 0.25) is 0 Å². The van der Waals surface area contributed by atoms with E-state index in [0.29, 0.717) is 17.5 Å². The van der Waals surface area contributed by atoms with Crippen LogP contribution in [0.15, 0.2) is 18.2 Å². The maximum atomic E-state index is 12.8. The van der Waals surface area contributed by atoms with E-state index in [9.17, 15) is 4.39 Å². The van der Waals surface area contributed by atoms with Crippen LogP contribution in [0.4, 0.5) is 4.39 Å². The molecule has 0 aliphatic rings. The van der Waals surface area contributed by atoms with Crippen LogP contribution in [0.3, 0.4) is 0 Å². The van der Waals surface area contributed by atoms with E-state index in [0.717, 1.165) is 0 Å². The summed E-state index contributed by atoms with van der Waals surface area (Å²) in [4.78, 5) is 0. The highest BCUT2D eigenvalue weighted by Crippen LogP contribution is 2.11. The molecular weight excluding hydrogens is 167 g/mol. The molecule has 0 heterocycles. The lowest BCUT2D eigenvalue weighted by atomic mass is 10.0. The van der Waals surface area contributed by atoms with Gasteiger partial charge in [-0.2, -0.15) is 5.26 Å². The van der Waals surface area contributed by atoms with Crippen LogP contribution in [0.5, 0.6) is 0 Å². The minimum absolute atomic E-state index is 0.0612. The standard InChI is InChI=1S/C10H11FN2/c1-7(13)4-9-5-10(11)3-2-8(9)6-12/h2-3,5,7H,4,13H2,1H3. The van der Waals surface area contributed by atoms with E-state index in [1.165, 1.54) is 18.2 Å². The van der Waals surface area contributed by atoms with Gasteiger partial charge < -0.3 is 5.73 Å². The van der Waals surface area contributed by atoms with Gasteiger partial charge in [-0.1, -0.05) is 0 Å². The number of nitriles is 1. The third-order valence-electron chi connectivity index (χ3n) is 1.73. The average Bonchev–Trinajstić information content (AvgIpc) is 2.03. The predicted molar refractivity (Wildman–Crippen MR) is 48.5 cm³/mol. The highest BCUT2D eigenvalue weighted by atomic mass is 19.1. The van der Waals surface area contributed by atoms with Gasteiger partial charge in [0.25, 0.3) is 0 Å². The molecule has 0 saturated carbocycles. The maximum absolute atomic E-state index is 12.8. The molecule has 0 radical (unpaired) electrons. The lowest BCUT2D eigenvalue weighted by Crippen LogP contribution is -2.18. The first kappa shape index (κ1) is 9.69. The molecule has 0 fully saturated rings. The molecule has 0 spiro atoms. The number of hydrogen-bond donors (Lipinski definition) is 1. The molecule has 1 aromatic rings. The molecule has 68 valence electrons. The van der Waals surface area contributed by atoms with Crippen LogP contribution >= 0.6 is 0 Å². The molecule has 2 N–H and O–H groups in total. The molecule has 13 heavy (non-hydrogen) atoms. The van der Waals surface area contributed by atoms with E-state index in [2.05, 4.69) is 0 Å². The Morgan fingerprint density at radius 3 is 2.85 bits per heavy atom. The van der Waals surface area contributed by atoms with E-state index < -0.39 is 0 Å². The molecule has 0 aliphatic carbocycles. The molecule has 1 unspecified atom stereocenters. The van der Waals surface area contributed by atoms with Crippen LogP contribution in [-0.4, -0.2) is 6.04 Å². The van der Waals surface area contributed by atoms with Crippen molar-refractivity contribution in [3.63, 3.8) is 0 Å². The first-order chi connectivity index (χ1) is 6.13. The zero-order valence-electron chi connectivity index (χ0n) is 7.42. The number of hydrogen-bond acceptors (Lipinski definition) is 2. The SMILES string of the molecule is CC(N)Cc1cc(F)ccc1C#N. The third kappa shape index (κ3) is 2.53. The Morgan fingerprint density at radius 1 is 1.62 bits per heavy atom. The minimum Gasteiger partial charge on any atom is -0.328 e. The summed E-state index contributed by atoms with van der Waals surface area (Å²) in [6.45, 7) is 1.83. The number of nitrogens with zero attached hydrogens (tertiary/aromatic N) is 1. The summed E-state index contributed by atoms with van der Waals surface area (Å²) in [7, 11) is 0. The second kappa shape index (κ2) is 4.01. The second-order valence-electron chi connectivity index (χ2n) is 3.09. The highest BCUT2D eigenvalue weighted by molar-refractivity contribution is 5.38. The zero-order chi connectivity index (χ0) is 9.84. The largest absolute Gasteiger partial charge is 0.328 e. The van der Waals surface area contributed by atoms with Crippen molar-refractivity contribution in [2.24, 2.45) is 5.73 Å². The summed E-state index contributed by atoms with van der Waals surface area (Å²) in [6, 6.07) is 6.07. The Bertz CT molecular complexity index is 339. The van der Waals surface area contributed by atoms with Crippen LogP contribution in [-0.2, 0) is 6.42 Å². The fraction of sp³-hybridized carbons (Fsp3) is 0.300. The molecule has 0 saturated heterocycles. The summed E-state index contributed by atoms with van der Waals surface area (Å²) >= 11 is 0. The molecule has 0 aromatic heterocycles. The third-order valence-corrected chi connectivity index (χ3v) is 1.73. The predicted octanol–water partition coefficient (Wildman–Crippen LogP) is 1.59. The summed E-state index contributed by atoms with van der Waals surface area (Å²) < 4.78 is 12.8. The molecule has 0 bridgehead atoms. The van der Waals surface area contributed by atoms with E-state index in [4.69, 9.17) is 11.0 Å². The lowest BCUT2D eigenvalue weighted by Gasteiger charge is -2.06. The van der Waals surface area contributed by atoms with Gasteiger partial charge in [-0.05, 0) is 37.1 Å². The highest BCUT2D eigenvalue weighted by Gasteiger charge is 2.05. The van der Waals surface area contributed by atoms with Crippen molar-refractivity contribution in [2.45, 2.75) is 19.4 Å². The van der Waals surface area contributed by atoms with Crippen molar-refractivity contribution in [2.75, 3.05) is 0 Å². The Balaban J connectivity index is 3.03. The maximum Gasteiger partial charge on any atom is 0.123 e. The van der Waals surface area contributed by atoms with Crippen LogP contribution in [0.1, 0.15) is 18.1 Å². The summed E-state index contributed by atoms with van der Waals surface area (Å²) in [5.74, 6) is -0.324. The summed E-state index contributed by atoms with van der Waals surface area (Å²) in [5, 5.41) is 8.71. The molecule has 1 rings (SSSR count). The van der Waals surface area contributed by atoms with Crippen molar-refractivity contribution in [3.8, 4) is 6.07 Å². The van der Waals surface area contributed by atoms with Crippen LogP contribution in [0, 0.1) is 17.1 Å². The Hall–Kier alpha value is -1.40. The quantitative estimate of drug-likeness (QED) is 0.747. The zero-order valence-corrected chi connectivity index (χ0v) is 7.42. The van der Waals surface area contributed by atoms with Crippen molar-refractivity contribution in [3.05, 3.63) is 35.1 Å². The van der Waals surface area contributed by atoms with E-state index in [1.807, 2.05) is 13.0 Å². The van der Waals surface area contributed by atoms with Gasteiger partial charge in [0.05, 0.1) is 11.6 Å². The number of nitrogens with two attached hydrogens (primary N) is 1. The fourth-order valence-corrected chi connectivity index (χ4v) is 1.19. The van der Waals surface area contributed by atoms with Gasteiger partial charge in [-0.3, -0.25) is 0 Å². The van der Waals surface area contributed by atoms with Gasteiger partial charge in [0.1, 0.15) is 5.82 Å². The Morgan fingerprint density at radius 2 is 2.31 bits per heavy atom. The van der Waals surface area contributed by atoms with Crippen LogP contribution in [0.2, 0.25) is 0 Å². The number of halogens is 1. The lowest BCUT2D eigenvalue weighted by molar-refractivity contribution is 0.622. The first-order valence-corrected chi connectivity index (χ1v) is 4.07. The Kier molecular flexibility index (Phi) is 2.99. The van der Waals surface area contributed by atoms with Crippen LogP contribution < -0.4 is 5.73 Å². The summed E-state index contributed by atoms with van der Waals surface area (Å²) in [5.41, 5.74) is 6.74. The first-order valence-electron chi connectivity index (χ1n) is 4.07. The smallest absolute Gasteiger partial charge is 0.123 e. The molecule has 0 amide bonds. The van der Waals surface area contributed by atoms with E-state index >= 15 is 0 Å². The molecular formula is C10H11FN2. The summed E-state index contributed by atoms with van der Waals surface area (Å²) in [6.07, 6.45) is 0.528. The van der Waals surface area contributed by atoms with Gasteiger partial charge in [0, 0.05) is 6.04 Å². The van der Waals surface area contributed by atoms with Crippen molar-refractivity contribution < 1.29 is 4.39 Å². The molecule has 1 aromatic carbocycles. The van der Waals surface area contributed by atoms with Crippen molar-refractivity contribution >= 4 is 0 Å². The fourth-order valence-electron chi connectivity index (χ4n) is 1.19. The van der Waals surface area contributed by atoms with E-state index in [-0.39, 0.29) is 11.9 Å². The van der Waals surface area contributed by atoms with Gasteiger partial charge in [0.15, 0.2) is 0 Å². The number of rotatable bonds is 2. The topological polar surface area (TPSA) is 49.8 Å². The second-order valence-corrected chi connectivity index (χ2v) is 3.09. The monoisotopic (exact) mass is 178 g/mol. The average molecular weight is 178 g/mol. The Labute approximate surface area is 76.8 Å². The van der Waals surface area contributed by atoms with Gasteiger partial charge in [-0.25, -0.2) is 4.39 Å². The molecule has 0 aliphatic heterocycles. The normalized spacial score (nSPS) is 12.2. The van der Waals surface area contributed by atoms with Crippen molar-refractivity contribution in [1.82, 2.24) is 0 Å². The van der Waals surface area contributed by atoms with Crippen molar-refractivity contribution in [1.29, 1.82) is 5.26 Å². The molecule has 1 atom stereocenters. The van der Waals surface area contributed by atoms with E-state index in [1.54, 1.807) is 0 Å². The molecule has 2 nitrogen and oxygen atoms in total.